The van der Waals surface area contributed by atoms with E-state index in [1.165, 1.54) is 244 Å². The van der Waals surface area contributed by atoms with E-state index in [-0.39, 0.29) is 25.7 Å². The molecule has 0 aromatic heterocycles. The molecule has 0 radical (unpaired) electrons. The number of hydrogen-bond acceptors (Lipinski definition) is 7. The Morgan fingerprint density at radius 1 is 0.415 bits per heavy atom. The summed E-state index contributed by atoms with van der Waals surface area (Å²) in [5.74, 6) is -0.495. The van der Waals surface area contributed by atoms with Crippen molar-refractivity contribution in [2.75, 3.05) is 26.4 Å². The fourth-order valence-corrected chi connectivity index (χ4v) is 9.50. The largest absolute Gasteiger partial charge is 0.472 e. The minimum atomic E-state index is -4.42. The zero-order valence-electron chi connectivity index (χ0n) is 43.2. The summed E-state index contributed by atoms with van der Waals surface area (Å²) in [5, 5.41) is 12.8. The first kappa shape index (κ1) is 64.0. The molecule has 0 aliphatic rings. The molecule has 0 fully saturated rings. The molecule has 0 aromatic carbocycles. The molecule has 65 heavy (non-hydrogen) atoms. The lowest BCUT2D eigenvalue weighted by Gasteiger charge is -2.15. The van der Waals surface area contributed by atoms with Gasteiger partial charge in [-0.2, -0.15) is 0 Å². The average Bonchev–Trinajstić information content (AvgIpc) is 3.29. The third kappa shape index (κ3) is 53.8. The van der Waals surface area contributed by atoms with Crippen molar-refractivity contribution in [1.82, 2.24) is 5.32 Å². The van der Waals surface area contributed by atoms with E-state index in [4.69, 9.17) is 13.8 Å². The minimum Gasteiger partial charge on any atom is -0.463 e. The maximum Gasteiger partial charge on any atom is 0.472 e. The molecule has 0 heterocycles. The normalized spacial score (nSPS) is 13.0. The molecule has 2 unspecified atom stereocenters. The van der Waals surface area contributed by atoms with Gasteiger partial charge in [0.1, 0.15) is 12.7 Å². The number of carbonyl (C=O) groups excluding carboxylic acids is 2. The van der Waals surface area contributed by atoms with Crippen molar-refractivity contribution in [2.24, 2.45) is 0 Å². The molecule has 0 rings (SSSR count). The van der Waals surface area contributed by atoms with Crippen molar-refractivity contribution in [2.45, 2.75) is 315 Å². The van der Waals surface area contributed by atoms with Crippen LogP contribution in [0.1, 0.15) is 309 Å². The lowest BCUT2D eigenvalue weighted by molar-refractivity contribution is -0.147. The van der Waals surface area contributed by atoms with Crippen LogP contribution in [0.2, 0.25) is 0 Å². The van der Waals surface area contributed by atoms with Gasteiger partial charge in [0.25, 0.3) is 0 Å². The number of amides is 1. The van der Waals surface area contributed by atoms with E-state index in [1.54, 1.807) is 0 Å². The van der Waals surface area contributed by atoms with E-state index in [9.17, 15) is 24.2 Å². The van der Waals surface area contributed by atoms with Gasteiger partial charge in [0.2, 0.25) is 5.91 Å². The summed E-state index contributed by atoms with van der Waals surface area (Å²) in [5.41, 5.74) is 0. The van der Waals surface area contributed by atoms with Crippen LogP contribution >= 0.6 is 7.82 Å². The SMILES string of the molecule is CCCCCCCCCCCCCCCCCCCCCCCCCCC(=O)OCC(O)COP(=O)(O)OCCNC(=O)CCCCCCCCCCCCCCCCCCCCCC. The second-order valence-corrected chi connectivity index (χ2v) is 21.1. The van der Waals surface area contributed by atoms with Gasteiger partial charge in [-0.25, -0.2) is 4.57 Å². The Morgan fingerprint density at radius 2 is 0.692 bits per heavy atom. The van der Waals surface area contributed by atoms with Gasteiger partial charge in [-0.1, -0.05) is 284 Å². The predicted octanol–water partition coefficient (Wildman–Crippen LogP) is 17.1. The van der Waals surface area contributed by atoms with Crippen molar-refractivity contribution in [3.8, 4) is 0 Å². The Balaban J connectivity index is 3.47. The molecule has 0 aliphatic heterocycles. The van der Waals surface area contributed by atoms with Crippen LogP contribution in [0.25, 0.3) is 0 Å². The molecule has 3 N–H and O–H groups in total. The molecule has 0 aromatic rings. The lowest BCUT2D eigenvalue weighted by atomic mass is 10.0. The number of hydrogen-bond donors (Lipinski definition) is 3. The van der Waals surface area contributed by atoms with Crippen LogP contribution < -0.4 is 5.32 Å². The number of nitrogens with one attached hydrogen (secondary N) is 1. The quantitative estimate of drug-likeness (QED) is 0.0312. The number of phosphoric acid groups is 1. The number of aliphatic hydroxyl groups excluding tert-OH is 1. The Kier molecular flexibility index (Phi) is 51.6. The summed E-state index contributed by atoms with van der Waals surface area (Å²) in [7, 11) is -4.42. The molecule has 0 saturated carbocycles. The first-order chi connectivity index (χ1) is 31.8. The minimum absolute atomic E-state index is 0.0890. The maximum atomic E-state index is 12.2. The van der Waals surface area contributed by atoms with Crippen LogP contribution in [0, 0.1) is 0 Å². The summed E-state index contributed by atoms with van der Waals surface area (Å²) in [6, 6.07) is 0. The lowest BCUT2D eigenvalue weighted by Crippen LogP contribution is -2.27. The van der Waals surface area contributed by atoms with Crippen molar-refractivity contribution in [3.05, 3.63) is 0 Å². The topological polar surface area (TPSA) is 131 Å². The van der Waals surface area contributed by atoms with Crippen LogP contribution in [0.3, 0.4) is 0 Å². The Morgan fingerprint density at radius 3 is 1.00 bits per heavy atom. The molecule has 1 amide bonds. The number of aliphatic hydroxyl groups is 1. The fourth-order valence-electron chi connectivity index (χ4n) is 8.74. The number of esters is 1. The maximum absolute atomic E-state index is 12.2. The Bertz CT molecular complexity index is 1030. The van der Waals surface area contributed by atoms with E-state index in [2.05, 4.69) is 19.2 Å². The van der Waals surface area contributed by atoms with E-state index in [0.29, 0.717) is 12.8 Å². The number of carbonyl (C=O) groups is 2. The molecule has 0 spiro atoms. The summed E-state index contributed by atoms with van der Waals surface area (Å²) >= 11 is 0. The van der Waals surface area contributed by atoms with Gasteiger partial charge in [0.15, 0.2) is 0 Å². The van der Waals surface area contributed by atoms with Crippen LogP contribution in [0.4, 0.5) is 0 Å². The van der Waals surface area contributed by atoms with Gasteiger partial charge >= 0.3 is 13.8 Å². The summed E-state index contributed by atoms with van der Waals surface area (Å²) < 4.78 is 27.1. The molecule has 388 valence electrons. The standard InChI is InChI=1S/C55H110NO8P/c1-3-5-7-9-11-13-15-17-19-21-23-25-26-27-28-30-32-34-36-38-40-42-44-46-48-55(59)62-51-53(57)52-64-65(60,61)63-50-49-56-54(58)47-45-43-41-39-37-35-33-31-29-24-22-20-18-16-14-12-10-8-6-4-2/h53,57H,3-52H2,1-2H3,(H,56,58)(H,60,61). The van der Waals surface area contributed by atoms with Crippen molar-refractivity contribution < 1.29 is 37.9 Å². The number of ether oxygens (including phenoxy) is 1. The molecule has 9 nitrogen and oxygen atoms in total. The number of unbranched alkanes of at least 4 members (excludes halogenated alkanes) is 42. The van der Waals surface area contributed by atoms with Gasteiger partial charge in [-0.05, 0) is 12.8 Å². The molecule has 0 saturated heterocycles. The predicted molar refractivity (Wildman–Crippen MR) is 275 cm³/mol. The molecule has 0 aliphatic carbocycles. The van der Waals surface area contributed by atoms with Gasteiger partial charge in [-0.3, -0.25) is 18.6 Å². The molecule has 2 atom stereocenters. The van der Waals surface area contributed by atoms with Crippen LogP contribution in [-0.4, -0.2) is 54.3 Å². The van der Waals surface area contributed by atoms with Crippen LogP contribution in [-0.2, 0) is 27.9 Å². The van der Waals surface area contributed by atoms with Crippen molar-refractivity contribution in [1.29, 1.82) is 0 Å². The summed E-state index contributed by atoms with van der Waals surface area (Å²) in [4.78, 5) is 34.1. The Labute approximate surface area is 403 Å². The summed E-state index contributed by atoms with van der Waals surface area (Å²) in [6.07, 6.45) is 57.7. The van der Waals surface area contributed by atoms with E-state index in [0.717, 1.165) is 38.5 Å². The van der Waals surface area contributed by atoms with Gasteiger partial charge in [-0.15, -0.1) is 0 Å². The zero-order valence-corrected chi connectivity index (χ0v) is 44.1. The molecule has 0 bridgehead atoms. The van der Waals surface area contributed by atoms with Crippen LogP contribution in [0.5, 0.6) is 0 Å². The second kappa shape index (κ2) is 52.4. The monoisotopic (exact) mass is 944 g/mol. The highest BCUT2D eigenvalue weighted by molar-refractivity contribution is 7.47. The van der Waals surface area contributed by atoms with Gasteiger partial charge in [0.05, 0.1) is 13.2 Å². The highest BCUT2D eigenvalue weighted by Crippen LogP contribution is 2.43. The molecule has 10 heteroatoms. The highest BCUT2D eigenvalue weighted by Gasteiger charge is 2.23. The highest BCUT2D eigenvalue weighted by atomic mass is 31.2. The Hall–Kier alpha value is -0.990. The summed E-state index contributed by atoms with van der Waals surface area (Å²) in [6.45, 7) is 3.64. The third-order valence-corrected chi connectivity index (χ3v) is 14.0. The molecular formula is C55H110NO8P. The number of rotatable bonds is 55. The van der Waals surface area contributed by atoms with Crippen molar-refractivity contribution in [3.63, 3.8) is 0 Å². The third-order valence-electron chi connectivity index (χ3n) is 13.0. The second-order valence-electron chi connectivity index (χ2n) is 19.6. The number of phosphoric ester groups is 1. The van der Waals surface area contributed by atoms with Crippen molar-refractivity contribution >= 4 is 19.7 Å². The smallest absolute Gasteiger partial charge is 0.463 e. The fraction of sp³-hybridized carbons (Fsp3) is 0.964. The average molecular weight is 944 g/mol. The molecular weight excluding hydrogens is 834 g/mol. The van der Waals surface area contributed by atoms with Gasteiger partial charge < -0.3 is 20.1 Å². The zero-order chi connectivity index (χ0) is 47.4. The van der Waals surface area contributed by atoms with E-state index < -0.39 is 26.5 Å². The first-order valence-electron chi connectivity index (χ1n) is 28.5. The van der Waals surface area contributed by atoms with Crippen LogP contribution in [0.15, 0.2) is 0 Å². The van der Waals surface area contributed by atoms with E-state index in [1.807, 2.05) is 0 Å². The van der Waals surface area contributed by atoms with E-state index >= 15 is 0 Å². The first-order valence-corrected chi connectivity index (χ1v) is 30.0. The van der Waals surface area contributed by atoms with Gasteiger partial charge in [0, 0.05) is 19.4 Å².